The first-order valence-corrected chi connectivity index (χ1v) is 12.4. The van der Waals surface area contributed by atoms with Crippen LogP contribution in [-0.2, 0) is 6.54 Å². The molecule has 0 saturated heterocycles. The molecule has 7 nitrogen and oxygen atoms in total. The number of halogens is 2. The second kappa shape index (κ2) is 13.2. The van der Waals surface area contributed by atoms with Crippen LogP contribution < -0.4 is 10.7 Å². The third-order valence-corrected chi connectivity index (χ3v) is 7.45. The molecule has 3 heterocycles. The summed E-state index contributed by atoms with van der Waals surface area (Å²) < 4.78 is 0. The van der Waals surface area contributed by atoms with Gasteiger partial charge in [0.25, 0.3) is 11.8 Å². The minimum absolute atomic E-state index is 0. The van der Waals surface area contributed by atoms with Crippen molar-refractivity contribution in [2.75, 3.05) is 0 Å². The summed E-state index contributed by atoms with van der Waals surface area (Å²) >= 11 is 14.7. The molecule has 12 heteroatoms. The van der Waals surface area contributed by atoms with Crippen LogP contribution in [0.4, 0.5) is 0 Å². The molecule has 0 bridgehead atoms. The Morgan fingerprint density at radius 1 is 1.03 bits per heavy atom. The molecular formula is C23H17Cl2KN5O2S2. The zero-order valence-electron chi connectivity index (χ0n) is 18.7. The number of benzene rings is 1. The molecule has 1 aromatic carbocycles. The quantitative estimate of drug-likeness (QED) is 0.180. The Morgan fingerprint density at radius 3 is 2.51 bits per heavy atom. The van der Waals surface area contributed by atoms with Crippen LogP contribution in [0.5, 0.6) is 0 Å². The molecule has 4 aromatic rings. The van der Waals surface area contributed by atoms with Crippen molar-refractivity contribution in [1.82, 2.24) is 20.7 Å². The molecule has 173 valence electrons. The van der Waals surface area contributed by atoms with Crippen LogP contribution >= 0.6 is 45.9 Å². The molecule has 2 N–H and O–H groups in total. The monoisotopic (exact) mass is 568 g/mol. The summed E-state index contributed by atoms with van der Waals surface area (Å²) in [4.78, 5) is 34.7. The van der Waals surface area contributed by atoms with Gasteiger partial charge in [0, 0.05) is 79.6 Å². The van der Waals surface area contributed by atoms with Gasteiger partial charge in [-0.15, -0.1) is 22.7 Å². The van der Waals surface area contributed by atoms with Gasteiger partial charge in [-0.05, 0) is 42.8 Å². The van der Waals surface area contributed by atoms with E-state index in [2.05, 4.69) is 25.8 Å². The summed E-state index contributed by atoms with van der Waals surface area (Å²) in [6.45, 7) is 2.06. The summed E-state index contributed by atoms with van der Waals surface area (Å²) in [5.41, 5.74) is 5.67. The average Bonchev–Trinajstić information content (AvgIpc) is 3.54. The van der Waals surface area contributed by atoms with Crippen molar-refractivity contribution in [3.05, 3.63) is 91.4 Å². The van der Waals surface area contributed by atoms with E-state index in [1.165, 1.54) is 11.3 Å². The average molecular weight is 570 g/mol. The fourth-order valence-electron chi connectivity index (χ4n) is 2.84. The summed E-state index contributed by atoms with van der Waals surface area (Å²) in [7, 11) is 0. The number of amides is 2. The number of thiophene rings is 2. The third-order valence-electron chi connectivity index (χ3n) is 4.65. The first-order valence-electron chi connectivity index (χ1n) is 9.92. The maximum absolute atomic E-state index is 12.5. The number of hydrogen-bond acceptors (Lipinski definition) is 7. The fraction of sp³-hybridized carbons (Fsp3) is 0.0870. The molecule has 0 aliphatic heterocycles. The first-order chi connectivity index (χ1) is 16.4. The smallest absolute Gasteiger partial charge is 0.281 e. The van der Waals surface area contributed by atoms with E-state index in [-0.39, 0.29) is 63.8 Å². The molecule has 0 saturated carbocycles. The molecule has 0 unspecified atom stereocenters. The molecule has 0 aliphatic rings. The molecule has 0 aliphatic carbocycles. The molecule has 1 radical (unpaired) electrons. The van der Waals surface area contributed by atoms with E-state index in [1.807, 2.05) is 23.6 Å². The van der Waals surface area contributed by atoms with Crippen LogP contribution in [0.1, 0.15) is 37.5 Å². The normalized spacial score (nSPS) is 11.0. The summed E-state index contributed by atoms with van der Waals surface area (Å²) in [5, 5.41) is 9.91. The Balaban J connectivity index is 0.00000342. The van der Waals surface area contributed by atoms with E-state index < -0.39 is 5.91 Å². The fourth-order valence-corrected chi connectivity index (χ4v) is 4.90. The van der Waals surface area contributed by atoms with E-state index in [0.717, 1.165) is 27.3 Å². The molecule has 35 heavy (non-hydrogen) atoms. The minimum Gasteiger partial charge on any atom is -0.346 e. The predicted molar refractivity (Wildman–Crippen MR) is 143 cm³/mol. The van der Waals surface area contributed by atoms with E-state index in [0.29, 0.717) is 31.2 Å². The van der Waals surface area contributed by atoms with Crippen molar-refractivity contribution in [2.45, 2.75) is 13.5 Å². The van der Waals surface area contributed by atoms with E-state index in [1.54, 1.807) is 43.7 Å². The van der Waals surface area contributed by atoms with Gasteiger partial charge in [0.15, 0.2) is 0 Å². The number of aromatic nitrogens is 2. The molecule has 0 fully saturated rings. The topological polar surface area (TPSA) is 96.3 Å². The zero-order chi connectivity index (χ0) is 24.1. The van der Waals surface area contributed by atoms with E-state index in [4.69, 9.17) is 23.2 Å². The van der Waals surface area contributed by atoms with Gasteiger partial charge in [0.2, 0.25) is 0 Å². The van der Waals surface area contributed by atoms with Gasteiger partial charge in [-0.25, -0.2) is 5.43 Å². The van der Waals surface area contributed by atoms with Crippen LogP contribution in [0, 0.1) is 0 Å². The molecule has 0 atom stereocenters. The van der Waals surface area contributed by atoms with Gasteiger partial charge in [-0.1, -0.05) is 29.3 Å². The summed E-state index contributed by atoms with van der Waals surface area (Å²) in [5.74, 6) is -0.681. The Kier molecular flexibility index (Phi) is 10.6. The number of nitrogens with zero attached hydrogens (tertiary/aromatic N) is 3. The van der Waals surface area contributed by atoms with Crippen molar-refractivity contribution in [3.63, 3.8) is 0 Å². The zero-order valence-corrected chi connectivity index (χ0v) is 25.0. The van der Waals surface area contributed by atoms with Crippen molar-refractivity contribution in [2.24, 2.45) is 5.10 Å². The number of hydrogen-bond donors (Lipinski definition) is 2. The van der Waals surface area contributed by atoms with Gasteiger partial charge < -0.3 is 5.32 Å². The number of carbonyl (C=O) groups excluding carboxylic acids is 2. The number of rotatable bonds is 7. The minimum atomic E-state index is -0.391. The Morgan fingerprint density at radius 2 is 1.80 bits per heavy atom. The Hall–Kier alpha value is -1.47. The first kappa shape index (κ1) is 28.1. The number of hydrazone groups is 1. The van der Waals surface area contributed by atoms with Gasteiger partial charge in [0.1, 0.15) is 0 Å². The number of nitrogens with one attached hydrogen (secondary N) is 2. The Bertz CT molecular complexity index is 1380. The van der Waals surface area contributed by atoms with Crippen LogP contribution in [0.3, 0.4) is 0 Å². The van der Waals surface area contributed by atoms with Crippen LogP contribution in [0.25, 0.3) is 10.4 Å². The van der Waals surface area contributed by atoms with Gasteiger partial charge in [0.05, 0.1) is 43.9 Å². The number of carbonyl (C=O) groups is 2. The van der Waals surface area contributed by atoms with Gasteiger partial charge >= 0.3 is 0 Å². The van der Waals surface area contributed by atoms with Gasteiger partial charge in [-0.3, -0.25) is 19.6 Å². The van der Waals surface area contributed by atoms with Gasteiger partial charge in [-0.2, -0.15) is 5.10 Å². The second-order valence-electron chi connectivity index (χ2n) is 7.01. The van der Waals surface area contributed by atoms with Crippen molar-refractivity contribution < 1.29 is 9.59 Å². The van der Waals surface area contributed by atoms with Crippen LogP contribution in [0.15, 0.2) is 65.5 Å². The third kappa shape index (κ3) is 7.51. The van der Waals surface area contributed by atoms with Crippen LogP contribution in [0.2, 0.25) is 10.0 Å². The predicted octanol–water partition coefficient (Wildman–Crippen LogP) is 5.28. The summed E-state index contributed by atoms with van der Waals surface area (Å²) in [6, 6.07) is 10.6. The molecule has 3 aromatic heterocycles. The maximum atomic E-state index is 12.5. The van der Waals surface area contributed by atoms with Crippen molar-refractivity contribution >= 4 is 115 Å². The van der Waals surface area contributed by atoms with E-state index in [9.17, 15) is 9.59 Å². The van der Waals surface area contributed by atoms with Crippen molar-refractivity contribution in [3.8, 4) is 10.4 Å². The van der Waals surface area contributed by atoms with Crippen LogP contribution in [-0.4, -0.2) is 78.9 Å². The maximum Gasteiger partial charge on any atom is 0.281 e. The summed E-state index contributed by atoms with van der Waals surface area (Å²) in [6.07, 6.45) is 4.70. The SMILES string of the molecule is C/C(=N\NC(=O)c1ccc(C(=O)NCc2cnccn2)s1)c1csc(-c2ccc(Cl)c(Cl)c2)c1.[K]. The largest absolute Gasteiger partial charge is 0.346 e. The molecule has 2 amide bonds. The van der Waals surface area contributed by atoms with E-state index >= 15 is 0 Å². The molecule has 4 rings (SSSR count). The standard InChI is InChI=1S/C23H17Cl2N5O2S2.K/c1-13(15-9-21(33-12-15)14-2-3-17(24)18(25)8-14)29-30-23(32)20-5-4-19(34-20)22(31)28-11-16-10-26-6-7-27-16;/h2-10,12H,11H2,1H3,(H,28,31)(H,30,32);/b29-13+;. The second-order valence-corrected chi connectivity index (χ2v) is 9.82. The van der Waals surface area contributed by atoms with Crippen molar-refractivity contribution in [1.29, 1.82) is 0 Å². The Labute approximate surface area is 262 Å². The molecule has 0 spiro atoms. The molecular weight excluding hydrogens is 552 g/mol.